The molecule has 0 aromatic heterocycles. The van der Waals surface area contributed by atoms with Crippen LogP contribution < -0.4 is 0 Å². The highest BCUT2D eigenvalue weighted by atomic mass is 16.5. The molecule has 2 bridgehead atoms. The molecule has 0 saturated carbocycles. The highest BCUT2D eigenvalue weighted by molar-refractivity contribution is 5.79. The second-order valence-corrected chi connectivity index (χ2v) is 9.46. The summed E-state index contributed by atoms with van der Waals surface area (Å²) in [6, 6.07) is 13.2. The normalized spacial score (nSPS) is 27.3. The monoisotopic (exact) mass is 394 g/mol. The van der Waals surface area contributed by atoms with Gasteiger partial charge in [-0.2, -0.15) is 0 Å². The van der Waals surface area contributed by atoms with E-state index >= 15 is 0 Å². The number of benzene rings is 2. The molecule has 2 aromatic carbocycles. The molecule has 3 unspecified atom stereocenters. The summed E-state index contributed by atoms with van der Waals surface area (Å²) < 4.78 is 5.48. The van der Waals surface area contributed by atoms with Crippen LogP contribution in [0.4, 0.5) is 0 Å². The maximum atomic E-state index is 13.0. The first-order valence-electron chi connectivity index (χ1n) is 10.5. The summed E-state index contributed by atoms with van der Waals surface area (Å²) in [5, 5.41) is 23.9. The Morgan fingerprint density at radius 2 is 1.72 bits per heavy atom. The van der Waals surface area contributed by atoms with Crippen molar-refractivity contribution >= 4 is 5.97 Å². The molecule has 2 N–H and O–H groups in total. The van der Waals surface area contributed by atoms with Gasteiger partial charge in [0.15, 0.2) is 0 Å². The van der Waals surface area contributed by atoms with Gasteiger partial charge in [-0.25, -0.2) is 0 Å². The number of carbonyl (C=O) groups is 1. The van der Waals surface area contributed by atoms with E-state index in [9.17, 15) is 15.0 Å². The molecule has 0 fully saturated rings. The minimum atomic E-state index is -1.50. The van der Waals surface area contributed by atoms with Crippen LogP contribution in [0, 0.1) is 5.92 Å². The van der Waals surface area contributed by atoms with Crippen molar-refractivity contribution in [2.24, 2.45) is 5.92 Å². The van der Waals surface area contributed by atoms with E-state index in [0.717, 1.165) is 18.4 Å². The van der Waals surface area contributed by atoms with Crippen LogP contribution in [0.1, 0.15) is 74.8 Å². The van der Waals surface area contributed by atoms with Gasteiger partial charge in [0.2, 0.25) is 0 Å². The van der Waals surface area contributed by atoms with Crippen LogP contribution in [0.2, 0.25) is 0 Å². The van der Waals surface area contributed by atoms with Crippen LogP contribution in [-0.4, -0.2) is 22.8 Å². The summed E-state index contributed by atoms with van der Waals surface area (Å²) in [6.45, 7) is 8.73. The maximum Gasteiger partial charge on any atom is 0.312 e. The first-order valence-corrected chi connectivity index (χ1v) is 10.5. The Kier molecular flexibility index (Phi) is 4.63. The van der Waals surface area contributed by atoms with Crippen molar-refractivity contribution in [3.8, 4) is 0 Å². The number of ether oxygens (including phenoxy) is 1. The van der Waals surface area contributed by atoms with Crippen LogP contribution in [0.15, 0.2) is 42.5 Å². The Bertz CT molecular complexity index is 958. The first kappa shape index (κ1) is 20.1. The first-order chi connectivity index (χ1) is 13.6. The standard InChI is InChI=1S/C25H30O4/c1-5-6-13-29-22(26)21-15-24(27)17-9-7-8-10-18(17)25(21,28)19-12-11-16(14-20(19)24)23(2,3)4/h7-12,14,21,27-28H,5-6,13,15H2,1-4H3. The van der Waals surface area contributed by atoms with E-state index in [1.807, 2.05) is 49.4 Å². The Balaban J connectivity index is 1.89. The maximum absolute atomic E-state index is 13.0. The van der Waals surface area contributed by atoms with Gasteiger partial charge >= 0.3 is 5.97 Å². The number of fused-ring (bicyclic) bond motifs is 1. The molecular formula is C25H30O4. The molecule has 0 radical (unpaired) electrons. The zero-order valence-corrected chi connectivity index (χ0v) is 17.7. The Morgan fingerprint density at radius 3 is 2.38 bits per heavy atom. The largest absolute Gasteiger partial charge is 0.465 e. The quantitative estimate of drug-likeness (QED) is 0.604. The van der Waals surface area contributed by atoms with Crippen molar-refractivity contribution in [2.75, 3.05) is 6.61 Å². The van der Waals surface area contributed by atoms with Gasteiger partial charge in [-0.15, -0.1) is 0 Å². The fraction of sp³-hybridized carbons (Fsp3) is 0.480. The van der Waals surface area contributed by atoms with Crippen molar-refractivity contribution in [3.05, 3.63) is 70.3 Å². The van der Waals surface area contributed by atoms with Gasteiger partial charge in [-0.1, -0.05) is 76.6 Å². The lowest BCUT2D eigenvalue weighted by Crippen LogP contribution is -2.57. The van der Waals surface area contributed by atoms with Crippen LogP contribution in [0.25, 0.3) is 0 Å². The van der Waals surface area contributed by atoms with Crippen molar-refractivity contribution in [2.45, 2.75) is 63.6 Å². The summed E-state index contributed by atoms with van der Waals surface area (Å²) in [6.07, 6.45) is 1.82. The Labute approximate surface area is 172 Å². The van der Waals surface area contributed by atoms with E-state index in [1.165, 1.54) is 0 Å². The van der Waals surface area contributed by atoms with Gasteiger partial charge in [0.1, 0.15) is 11.2 Å². The predicted molar refractivity (Wildman–Crippen MR) is 112 cm³/mol. The van der Waals surface area contributed by atoms with E-state index in [1.54, 1.807) is 0 Å². The lowest BCUT2D eigenvalue weighted by atomic mass is 9.54. The molecular weight excluding hydrogens is 364 g/mol. The number of carbonyl (C=O) groups excluding carboxylic acids is 1. The summed E-state index contributed by atoms with van der Waals surface area (Å²) in [4.78, 5) is 13.0. The highest BCUT2D eigenvalue weighted by Crippen LogP contribution is 2.60. The second kappa shape index (κ2) is 6.68. The molecule has 0 saturated heterocycles. The van der Waals surface area contributed by atoms with E-state index in [-0.39, 0.29) is 11.8 Å². The molecule has 3 aliphatic rings. The fourth-order valence-electron chi connectivity index (χ4n) is 4.86. The minimum absolute atomic E-state index is 0.0945. The fourth-order valence-corrected chi connectivity index (χ4v) is 4.86. The van der Waals surface area contributed by atoms with Crippen molar-refractivity contribution < 1.29 is 19.7 Å². The van der Waals surface area contributed by atoms with Gasteiger partial charge < -0.3 is 14.9 Å². The third-order valence-electron chi connectivity index (χ3n) is 6.56. The molecule has 3 atom stereocenters. The highest BCUT2D eigenvalue weighted by Gasteiger charge is 2.62. The third kappa shape index (κ3) is 2.84. The second-order valence-electron chi connectivity index (χ2n) is 9.46. The lowest BCUT2D eigenvalue weighted by Gasteiger charge is -2.54. The molecule has 4 nitrogen and oxygen atoms in total. The molecule has 0 heterocycles. The molecule has 0 spiro atoms. The van der Waals surface area contributed by atoms with Gasteiger partial charge in [-0.3, -0.25) is 4.79 Å². The van der Waals surface area contributed by atoms with Gasteiger partial charge in [0.05, 0.1) is 12.5 Å². The molecule has 3 aliphatic carbocycles. The van der Waals surface area contributed by atoms with Crippen LogP contribution in [0.5, 0.6) is 0 Å². The van der Waals surface area contributed by atoms with Crippen LogP contribution >= 0.6 is 0 Å². The zero-order chi connectivity index (χ0) is 21.0. The third-order valence-corrected chi connectivity index (χ3v) is 6.56. The van der Waals surface area contributed by atoms with E-state index in [4.69, 9.17) is 4.74 Å². The number of unbranched alkanes of at least 4 members (excludes halogenated alkanes) is 1. The summed E-state index contributed by atoms with van der Waals surface area (Å²) in [5.41, 5.74) is 0.741. The minimum Gasteiger partial charge on any atom is -0.465 e. The van der Waals surface area contributed by atoms with E-state index in [0.29, 0.717) is 28.9 Å². The molecule has 29 heavy (non-hydrogen) atoms. The smallest absolute Gasteiger partial charge is 0.312 e. The summed E-state index contributed by atoms with van der Waals surface area (Å²) in [7, 11) is 0. The van der Waals surface area contributed by atoms with Gasteiger partial charge in [0.25, 0.3) is 0 Å². The van der Waals surface area contributed by atoms with Crippen LogP contribution in [0.3, 0.4) is 0 Å². The summed E-state index contributed by atoms with van der Waals surface area (Å²) >= 11 is 0. The topological polar surface area (TPSA) is 66.8 Å². The number of aliphatic hydroxyl groups is 2. The van der Waals surface area contributed by atoms with E-state index < -0.39 is 23.1 Å². The number of hydrogen-bond donors (Lipinski definition) is 2. The number of esters is 1. The van der Waals surface area contributed by atoms with Crippen molar-refractivity contribution in [1.82, 2.24) is 0 Å². The molecule has 2 aromatic rings. The summed E-state index contributed by atoms with van der Waals surface area (Å²) in [5.74, 6) is -1.29. The molecule has 0 amide bonds. The number of rotatable bonds is 4. The van der Waals surface area contributed by atoms with E-state index in [2.05, 4.69) is 20.8 Å². The van der Waals surface area contributed by atoms with Gasteiger partial charge in [0, 0.05) is 6.42 Å². The van der Waals surface area contributed by atoms with Crippen molar-refractivity contribution in [3.63, 3.8) is 0 Å². The number of hydrogen-bond acceptors (Lipinski definition) is 4. The Hall–Kier alpha value is -2.17. The SMILES string of the molecule is CCCCOC(=O)C1CC2(O)c3ccccc3C1(O)c1ccc(C(C)(C)C)cc12. The average molecular weight is 395 g/mol. The van der Waals surface area contributed by atoms with Crippen molar-refractivity contribution in [1.29, 1.82) is 0 Å². The van der Waals surface area contributed by atoms with Crippen LogP contribution in [-0.2, 0) is 26.1 Å². The molecule has 154 valence electrons. The zero-order valence-electron chi connectivity index (χ0n) is 17.7. The molecule has 5 rings (SSSR count). The predicted octanol–water partition coefficient (Wildman–Crippen LogP) is 4.13. The lowest BCUT2D eigenvalue weighted by molar-refractivity contribution is -0.167. The van der Waals surface area contributed by atoms with Gasteiger partial charge in [-0.05, 0) is 39.7 Å². The molecule has 0 aliphatic heterocycles. The average Bonchev–Trinajstić information content (AvgIpc) is 2.69. The molecule has 4 heteroatoms. The Morgan fingerprint density at radius 1 is 1.07 bits per heavy atom.